The van der Waals surface area contributed by atoms with Gasteiger partial charge in [0.25, 0.3) is 0 Å². The highest BCUT2D eigenvalue weighted by Crippen LogP contribution is 2.22. The number of carbonyl (C=O) groups is 1. The maximum Gasteiger partial charge on any atom is 0.230 e. The van der Waals surface area contributed by atoms with Crippen molar-refractivity contribution in [1.29, 1.82) is 0 Å². The molecule has 0 spiro atoms. The van der Waals surface area contributed by atoms with Gasteiger partial charge in [-0.3, -0.25) is 4.79 Å². The SMILES string of the molecule is CN(C)Cc1nc(CC(=O)Nc2ccc(N3CCCC3)cc2)cs1. The number of benzene rings is 1. The maximum absolute atomic E-state index is 12.2. The topological polar surface area (TPSA) is 48.5 Å². The lowest BCUT2D eigenvalue weighted by atomic mass is 10.2. The molecule has 1 N–H and O–H groups in total. The number of thiazole rings is 1. The molecule has 1 aliphatic heterocycles. The molecule has 1 aromatic heterocycles. The van der Waals surface area contributed by atoms with E-state index in [-0.39, 0.29) is 5.91 Å². The van der Waals surface area contributed by atoms with Crippen LogP contribution in [0, 0.1) is 0 Å². The van der Waals surface area contributed by atoms with Gasteiger partial charge in [-0.25, -0.2) is 4.98 Å². The molecular weight excluding hydrogens is 320 g/mol. The normalized spacial score (nSPS) is 14.4. The Hall–Kier alpha value is -1.92. The first-order valence-corrected chi connectivity index (χ1v) is 9.21. The van der Waals surface area contributed by atoms with Crippen LogP contribution in [-0.4, -0.2) is 43.0 Å². The molecule has 128 valence electrons. The van der Waals surface area contributed by atoms with Gasteiger partial charge in [-0.2, -0.15) is 0 Å². The van der Waals surface area contributed by atoms with Crippen LogP contribution in [0.2, 0.25) is 0 Å². The van der Waals surface area contributed by atoms with Gasteiger partial charge in [0.1, 0.15) is 5.01 Å². The lowest BCUT2D eigenvalue weighted by Gasteiger charge is -2.17. The zero-order valence-corrected chi connectivity index (χ0v) is 15.1. The van der Waals surface area contributed by atoms with E-state index in [1.54, 1.807) is 11.3 Å². The van der Waals surface area contributed by atoms with Crippen molar-refractivity contribution in [2.45, 2.75) is 25.8 Å². The molecule has 0 unspecified atom stereocenters. The van der Waals surface area contributed by atoms with Crippen molar-refractivity contribution < 1.29 is 4.79 Å². The highest BCUT2D eigenvalue weighted by molar-refractivity contribution is 7.09. The molecular formula is C18H24N4OS. The highest BCUT2D eigenvalue weighted by Gasteiger charge is 2.12. The number of hydrogen-bond acceptors (Lipinski definition) is 5. The first kappa shape index (κ1) is 16.9. The lowest BCUT2D eigenvalue weighted by Crippen LogP contribution is -2.18. The summed E-state index contributed by atoms with van der Waals surface area (Å²) in [6, 6.07) is 8.12. The molecule has 0 radical (unpaired) electrons. The van der Waals surface area contributed by atoms with Crippen LogP contribution in [0.5, 0.6) is 0 Å². The first-order valence-electron chi connectivity index (χ1n) is 8.33. The fourth-order valence-corrected chi connectivity index (χ4v) is 3.78. The summed E-state index contributed by atoms with van der Waals surface area (Å²) in [6.07, 6.45) is 2.85. The summed E-state index contributed by atoms with van der Waals surface area (Å²) in [5.74, 6) is -0.0226. The summed E-state index contributed by atoms with van der Waals surface area (Å²) < 4.78 is 0. The Morgan fingerprint density at radius 3 is 2.62 bits per heavy atom. The van der Waals surface area contributed by atoms with E-state index in [0.29, 0.717) is 6.42 Å². The van der Waals surface area contributed by atoms with Crippen LogP contribution >= 0.6 is 11.3 Å². The third-order valence-corrected chi connectivity index (χ3v) is 4.90. The summed E-state index contributed by atoms with van der Waals surface area (Å²) in [7, 11) is 4.03. The van der Waals surface area contributed by atoms with Crippen LogP contribution in [0.25, 0.3) is 0 Å². The van der Waals surface area contributed by atoms with E-state index in [0.717, 1.165) is 36.0 Å². The third kappa shape index (κ3) is 4.55. The smallest absolute Gasteiger partial charge is 0.230 e. The van der Waals surface area contributed by atoms with Gasteiger partial charge in [0.15, 0.2) is 0 Å². The van der Waals surface area contributed by atoms with Gasteiger partial charge < -0.3 is 15.1 Å². The van der Waals surface area contributed by atoms with Crippen LogP contribution in [0.4, 0.5) is 11.4 Å². The Balaban J connectivity index is 1.53. The van der Waals surface area contributed by atoms with Crippen molar-refractivity contribution in [1.82, 2.24) is 9.88 Å². The van der Waals surface area contributed by atoms with E-state index in [9.17, 15) is 4.79 Å². The van der Waals surface area contributed by atoms with Gasteiger partial charge in [0, 0.05) is 36.4 Å². The number of carbonyl (C=O) groups excluding carboxylic acids is 1. The quantitative estimate of drug-likeness (QED) is 0.875. The molecule has 6 heteroatoms. The molecule has 0 saturated carbocycles. The van der Waals surface area contributed by atoms with Crippen LogP contribution in [0.15, 0.2) is 29.6 Å². The Labute approximate surface area is 147 Å². The van der Waals surface area contributed by atoms with Crippen molar-refractivity contribution in [3.05, 3.63) is 40.3 Å². The van der Waals surface area contributed by atoms with Crippen molar-refractivity contribution in [2.24, 2.45) is 0 Å². The Kier molecular flexibility index (Phi) is 5.48. The Morgan fingerprint density at radius 2 is 1.96 bits per heavy atom. The molecule has 0 aliphatic carbocycles. The molecule has 5 nitrogen and oxygen atoms in total. The van der Waals surface area contributed by atoms with Crippen molar-refractivity contribution in [3.63, 3.8) is 0 Å². The molecule has 24 heavy (non-hydrogen) atoms. The minimum Gasteiger partial charge on any atom is -0.372 e. The molecule has 1 amide bonds. The summed E-state index contributed by atoms with van der Waals surface area (Å²) in [5, 5.41) is 5.96. The Bertz CT molecular complexity index is 675. The van der Waals surface area contributed by atoms with Crippen molar-refractivity contribution in [2.75, 3.05) is 37.4 Å². The molecule has 1 fully saturated rings. The van der Waals surface area contributed by atoms with E-state index in [2.05, 4.69) is 32.2 Å². The minimum atomic E-state index is -0.0226. The fourth-order valence-electron chi connectivity index (χ4n) is 2.87. The monoisotopic (exact) mass is 344 g/mol. The second-order valence-corrected chi connectivity index (χ2v) is 7.38. The first-order chi connectivity index (χ1) is 11.6. The van der Waals surface area contributed by atoms with Crippen LogP contribution in [0.3, 0.4) is 0 Å². The average Bonchev–Trinajstić information content (AvgIpc) is 3.19. The number of rotatable bonds is 6. The van der Waals surface area contributed by atoms with Crippen molar-refractivity contribution >= 4 is 28.6 Å². The second kappa shape index (κ2) is 7.77. The molecule has 1 aromatic carbocycles. The third-order valence-electron chi connectivity index (χ3n) is 4.01. The van der Waals surface area contributed by atoms with Crippen LogP contribution in [-0.2, 0) is 17.8 Å². The minimum absolute atomic E-state index is 0.0226. The number of anilines is 2. The van der Waals surface area contributed by atoms with Gasteiger partial charge >= 0.3 is 0 Å². The average molecular weight is 344 g/mol. The van der Waals surface area contributed by atoms with Gasteiger partial charge in [-0.1, -0.05) is 0 Å². The fraction of sp³-hybridized carbons (Fsp3) is 0.444. The molecule has 3 rings (SSSR count). The summed E-state index contributed by atoms with van der Waals surface area (Å²) >= 11 is 1.60. The largest absolute Gasteiger partial charge is 0.372 e. The summed E-state index contributed by atoms with van der Waals surface area (Å²) in [4.78, 5) is 21.2. The molecule has 1 saturated heterocycles. The number of amides is 1. The van der Waals surface area contributed by atoms with E-state index in [4.69, 9.17) is 0 Å². The number of nitrogens with zero attached hydrogens (tertiary/aromatic N) is 3. The maximum atomic E-state index is 12.2. The predicted octanol–water partition coefficient (Wildman–Crippen LogP) is 2.99. The predicted molar refractivity (Wildman–Crippen MR) is 99.7 cm³/mol. The van der Waals surface area contributed by atoms with E-state index < -0.39 is 0 Å². The molecule has 2 heterocycles. The van der Waals surface area contributed by atoms with E-state index in [1.165, 1.54) is 18.5 Å². The molecule has 2 aromatic rings. The van der Waals surface area contributed by atoms with Crippen LogP contribution < -0.4 is 10.2 Å². The number of nitrogens with one attached hydrogen (secondary N) is 1. The summed E-state index contributed by atoms with van der Waals surface area (Å²) in [6.45, 7) is 3.07. The zero-order chi connectivity index (χ0) is 16.9. The van der Waals surface area contributed by atoms with Gasteiger partial charge in [0.2, 0.25) is 5.91 Å². The zero-order valence-electron chi connectivity index (χ0n) is 14.3. The Morgan fingerprint density at radius 1 is 1.25 bits per heavy atom. The van der Waals surface area contributed by atoms with Gasteiger partial charge in [0.05, 0.1) is 12.1 Å². The second-order valence-electron chi connectivity index (χ2n) is 6.44. The van der Waals surface area contributed by atoms with E-state index in [1.807, 2.05) is 31.6 Å². The van der Waals surface area contributed by atoms with E-state index >= 15 is 0 Å². The molecule has 0 atom stereocenters. The standard InChI is InChI=1S/C18H24N4OS/c1-21(2)12-18-20-15(13-24-18)11-17(23)19-14-5-7-16(8-6-14)22-9-3-4-10-22/h5-8,13H,3-4,9-12H2,1-2H3,(H,19,23). The van der Waals surface area contributed by atoms with Crippen molar-refractivity contribution in [3.8, 4) is 0 Å². The molecule has 1 aliphatic rings. The molecule has 0 bridgehead atoms. The summed E-state index contributed by atoms with van der Waals surface area (Å²) in [5.41, 5.74) is 2.91. The number of hydrogen-bond donors (Lipinski definition) is 1. The lowest BCUT2D eigenvalue weighted by molar-refractivity contribution is -0.115. The van der Waals surface area contributed by atoms with Gasteiger partial charge in [-0.05, 0) is 51.2 Å². The van der Waals surface area contributed by atoms with Gasteiger partial charge in [-0.15, -0.1) is 11.3 Å². The van der Waals surface area contributed by atoms with Crippen LogP contribution in [0.1, 0.15) is 23.5 Å². The highest BCUT2D eigenvalue weighted by atomic mass is 32.1. The number of aromatic nitrogens is 1.